The fourth-order valence-electron chi connectivity index (χ4n) is 2.26. The van der Waals surface area contributed by atoms with Crippen LogP contribution in [-0.2, 0) is 6.42 Å². The molecule has 0 radical (unpaired) electrons. The van der Waals surface area contributed by atoms with Gasteiger partial charge >= 0.3 is 0 Å². The molecule has 0 spiro atoms. The van der Waals surface area contributed by atoms with Crippen LogP contribution in [0.3, 0.4) is 0 Å². The van der Waals surface area contributed by atoms with Gasteiger partial charge in [0, 0.05) is 26.7 Å². The van der Waals surface area contributed by atoms with E-state index >= 15 is 0 Å². The molecule has 4 rings (SSSR count). The minimum Gasteiger partial charge on any atom is -0.441 e. The third-order valence-corrected chi connectivity index (χ3v) is 5.48. The molecule has 0 fully saturated rings. The van der Waals surface area contributed by atoms with Gasteiger partial charge in [-0.15, -0.1) is 22.7 Å². The molecule has 0 amide bonds. The van der Waals surface area contributed by atoms with E-state index in [2.05, 4.69) is 22.5 Å². The topological polar surface area (TPSA) is 52.0 Å². The van der Waals surface area contributed by atoms with Gasteiger partial charge in [-0.2, -0.15) is 0 Å². The second-order valence-electron chi connectivity index (χ2n) is 4.68. The van der Waals surface area contributed by atoms with Crippen LogP contribution in [0.4, 0.5) is 0 Å². The van der Waals surface area contributed by atoms with Crippen LogP contribution in [-0.4, -0.2) is 4.98 Å². The van der Waals surface area contributed by atoms with Crippen LogP contribution in [0.15, 0.2) is 46.2 Å². The van der Waals surface area contributed by atoms with Gasteiger partial charge in [0.1, 0.15) is 5.52 Å². The highest BCUT2D eigenvalue weighted by molar-refractivity contribution is 7.26. The molecular formula is C15H12N2OS2. The van der Waals surface area contributed by atoms with E-state index in [9.17, 15) is 0 Å². The van der Waals surface area contributed by atoms with Crippen LogP contribution >= 0.6 is 22.7 Å². The van der Waals surface area contributed by atoms with Crippen LogP contribution in [0.25, 0.3) is 20.5 Å². The highest BCUT2D eigenvalue weighted by atomic mass is 32.1. The SMILES string of the molecule is NC(Cc1nc2ccccc2o1)c1cc2sccc2s1. The lowest BCUT2D eigenvalue weighted by molar-refractivity contribution is 0.504. The number of thiophene rings is 2. The number of hydrogen-bond acceptors (Lipinski definition) is 5. The second-order valence-corrected chi connectivity index (χ2v) is 6.75. The maximum absolute atomic E-state index is 6.29. The lowest BCUT2D eigenvalue weighted by Crippen LogP contribution is -2.11. The third-order valence-electron chi connectivity index (χ3n) is 3.26. The largest absolute Gasteiger partial charge is 0.441 e. The Bertz CT molecular complexity index is 813. The van der Waals surface area contributed by atoms with Crippen molar-refractivity contribution in [2.24, 2.45) is 5.73 Å². The van der Waals surface area contributed by atoms with E-state index in [0.29, 0.717) is 12.3 Å². The Hall–Kier alpha value is -1.69. The summed E-state index contributed by atoms with van der Waals surface area (Å²) in [6, 6.07) is 12.0. The predicted molar refractivity (Wildman–Crippen MR) is 84.3 cm³/mol. The highest BCUT2D eigenvalue weighted by Crippen LogP contribution is 2.33. The van der Waals surface area contributed by atoms with Gasteiger partial charge < -0.3 is 10.2 Å². The normalized spacial score (nSPS) is 13.2. The summed E-state index contributed by atoms with van der Waals surface area (Å²) in [5.41, 5.74) is 8.00. The first-order valence-electron chi connectivity index (χ1n) is 6.36. The average molecular weight is 300 g/mol. The Morgan fingerprint density at radius 2 is 2.10 bits per heavy atom. The van der Waals surface area contributed by atoms with Gasteiger partial charge in [0.2, 0.25) is 0 Å². The Kier molecular flexibility index (Phi) is 2.84. The maximum atomic E-state index is 6.29. The molecule has 2 N–H and O–H groups in total. The molecule has 1 atom stereocenters. The lowest BCUT2D eigenvalue weighted by Gasteiger charge is -2.05. The molecule has 0 aliphatic heterocycles. The van der Waals surface area contributed by atoms with E-state index in [1.807, 2.05) is 24.3 Å². The van der Waals surface area contributed by atoms with Crippen molar-refractivity contribution in [3.05, 3.63) is 52.5 Å². The van der Waals surface area contributed by atoms with Crippen LogP contribution in [0, 0.1) is 0 Å². The molecule has 1 unspecified atom stereocenters. The Labute approximate surface area is 123 Å². The molecular weight excluding hydrogens is 288 g/mol. The highest BCUT2D eigenvalue weighted by Gasteiger charge is 2.15. The number of benzene rings is 1. The number of hydrogen-bond donors (Lipinski definition) is 1. The number of nitrogens with zero attached hydrogens (tertiary/aromatic N) is 1. The van der Waals surface area contributed by atoms with Crippen LogP contribution in [0.2, 0.25) is 0 Å². The summed E-state index contributed by atoms with van der Waals surface area (Å²) in [5, 5.41) is 2.11. The summed E-state index contributed by atoms with van der Waals surface area (Å²) < 4.78 is 8.34. The van der Waals surface area contributed by atoms with Crippen molar-refractivity contribution in [3.8, 4) is 0 Å². The molecule has 4 aromatic rings. The first-order valence-corrected chi connectivity index (χ1v) is 8.06. The van der Waals surface area contributed by atoms with Gasteiger partial charge in [-0.05, 0) is 29.6 Å². The number of aromatic nitrogens is 1. The second kappa shape index (κ2) is 4.70. The van der Waals surface area contributed by atoms with Crippen molar-refractivity contribution in [1.29, 1.82) is 0 Å². The van der Waals surface area contributed by atoms with Crippen molar-refractivity contribution >= 4 is 43.2 Å². The van der Waals surface area contributed by atoms with Gasteiger partial charge in [-0.25, -0.2) is 4.98 Å². The first kappa shape index (κ1) is 12.1. The fraction of sp³-hybridized carbons (Fsp3) is 0.133. The number of fused-ring (bicyclic) bond motifs is 2. The molecule has 0 saturated carbocycles. The number of nitrogens with two attached hydrogens (primary N) is 1. The predicted octanol–water partition coefficient (Wildman–Crippen LogP) is 4.35. The van der Waals surface area contributed by atoms with E-state index < -0.39 is 0 Å². The van der Waals surface area contributed by atoms with Crippen molar-refractivity contribution in [2.75, 3.05) is 0 Å². The van der Waals surface area contributed by atoms with Gasteiger partial charge in [0.15, 0.2) is 11.5 Å². The number of rotatable bonds is 3. The molecule has 100 valence electrons. The molecule has 3 nitrogen and oxygen atoms in total. The van der Waals surface area contributed by atoms with E-state index in [-0.39, 0.29) is 6.04 Å². The lowest BCUT2D eigenvalue weighted by atomic mass is 10.2. The molecule has 0 aliphatic carbocycles. The average Bonchev–Trinajstić information content (AvgIpc) is 3.11. The summed E-state index contributed by atoms with van der Waals surface area (Å²) in [6.07, 6.45) is 0.627. The fourth-order valence-corrected chi connectivity index (χ4v) is 4.38. The van der Waals surface area contributed by atoms with E-state index in [0.717, 1.165) is 11.1 Å². The maximum Gasteiger partial charge on any atom is 0.197 e. The van der Waals surface area contributed by atoms with Gasteiger partial charge in [0.25, 0.3) is 0 Å². The molecule has 0 aliphatic rings. The van der Waals surface area contributed by atoms with Gasteiger partial charge in [-0.3, -0.25) is 0 Å². The molecule has 3 aromatic heterocycles. The number of para-hydroxylation sites is 2. The zero-order chi connectivity index (χ0) is 13.5. The zero-order valence-electron chi connectivity index (χ0n) is 10.6. The number of oxazole rings is 1. The van der Waals surface area contributed by atoms with Gasteiger partial charge in [0.05, 0.1) is 0 Å². The van der Waals surface area contributed by atoms with Crippen LogP contribution in [0.5, 0.6) is 0 Å². The third kappa shape index (κ3) is 2.04. The molecule has 1 aromatic carbocycles. The summed E-state index contributed by atoms with van der Waals surface area (Å²) in [7, 11) is 0. The summed E-state index contributed by atoms with van der Waals surface area (Å²) in [6.45, 7) is 0. The van der Waals surface area contributed by atoms with Crippen molar-refractivity contribution in [1.82, 2.24) is 4.98 Å². The van der Waals surface area contributed by atoms with Gasteiger partial charge in [-0.1, -0.05) is 12.1 Å². The first-order chi connectivity index (χ1) is 9.79. The van der Waals surface area contributed by atoms with E-state index in [1.54, 1.807) is 22.7 Å². The molecule has 0 bridgehead atoms. The Balaban J connectivity index is 1.62. The van der Waals surface area contributed by atoms with Crippen molar-refractivity contribution < 1.29 is 4.42 Å². The molecule has 0 saturated heterocycles. The minimum absolute atomic E-state index is 0.0623. The minimum atomic E-state index is -0.0623. The molecule has 3 heterocycles. The summed E-state index contributed by atoms with van der Waals surface area (Å²) in [4.78, 5) is 5.67. The summed E-state index contributed by atoms with van der Waals surface area (Å²) >= 11 is 3.51. The van der Waals surface area contributed by atoms with Crippen LogP contribution in [0.1, 0.15) is 16.8 Å². The summed E-state index contributed by atoms with van der Waals surface area (Å²) in [5.74, 6) is 0.704. The van der Waals surface area contributed by atoms with Crippen LogP contribution < -0.4 is 5.73 Å². The van der Waals surface area contributed by atoms with Crippen molar-refractivity contribution in [2.45, 2.75) is 12.5 Å². The standard InChI is InChI=1S/C15H12N2OS2/c16-9(13-8-14-12(20-13)5-6-19-14)7-15-17-10-3-1-2-4-11(10)18-15/h1-6,8-9H,7,16H2. The zero-order valence-corrected chi connectivity index (χ0v) is 12.2. The van der Waals surface area contributed by atoms with E-state index in [4.69, 9.17) is 10.2 Å². The monoisotopic (exact) mass is 300 g/mol. The smallest absolute Gasteiger partial charge is 0.197 e. The van der Waals surface area contributed by atoms with E-state index in [1.165, 1.54) is 14.3 Å². The quantitative estimate of drug-likeness (QED) is 0.612. The molecule has 20 heavy (non-hydrogen) atoms. The van der Waals surface area contributed by atoms with Crippen molar-refractivity contribution in [3.63, 3.8) is 0 Å². The Morgan fingerprint density at radius 1 is 1.20 bits per heavy atom. The molecule has 5 heteroatoms. The Morgan fingerprint density at radius 3 is 2.95 bits per heavy atom.